The van der Waals surface area contributed by atoms with Gasteiger partial charge in [-0.05, 0) is 32.1 Å². The smallest absolute Gasteiger partial charge is 0.309 e. The Morgan fingerprint density at radius 2 is 2.45 bits per heavy atom. The van der Waals surface area contributed by atoms with Crippen LogP contribution in [0.4, 0.5) is 0 Å². The highest BCUT2D eigenvalue weighted by Gasteiger charge is 2.27. The summed E-state index contributed by atoms with van der Waals surface area (Å²) >= 11 is 5.07. The second-order valence-corrected chi connectivity index (χ2v) is 5.37. The summed E-state index contributed by atoms with van der Waals surface area (Å²) in [6.07, 6.45) is 1.09. The molecule has 0 amide bonds. The van der Waals surface area contributed by atoms with Crippen LogP contribution in [0.25, 0.3) is 0 Å². The molecule has 0 spiro atoms. The van der Waals surface area contributed by atoms with Crippen molar-refractivity contribution >= 4 is 18.5 Å². The molecule has 2 atom stereocenters. The molecule has 0 aromatic heterocycles. The van der Waals surface area contributed by atoms with Gasteiger partial charge in [-0.1, -0.05) is 0 Å². The van der Waals surface area contributed by atoms with Gasteiger partial charge in [0.25, 0.3) is 0 Å². The first-order chi connectivity index (χ1) is 5.16. The summed E-state index contributed by atoms with van der Waals surface area (Å²) in [5.74, 6) is 0. The fourth-order valence-corrected chi connectivity index (χ4v) is 3.23. The van der Waals surface area contributed by atoms with Gasteiger partial charge in [0.2, 0.25) is 0 Å². The van der Waals surface area contributed by atoms with E-state index >= 15 is 0 Å². The standard InChI is InChI=1S/C6H13O3PS/c1-3-7-10(11)8-5-4-6(2)9-10/h6H,3-5H2,1-2H3. The van der Waals surface area contributed by atoms with Gasteiger partial charge in [0.05, 0.1) is 19.3 Å². The predicted octanol–water partition coefficient (Wildman–Crippen LogP) is 2.07. The van der Waals surface area contributed by atoms with E-state index in [2.05, 4.69) is 0 Å². The second kappa shape index (κ2) is 3.97. The normalized spacial score (nSPS) is 38.9. The fraction of sp³-hybridized carbons (Fsp3) is 1.00. The van der Waals surface area contributed by atoms with Crippen LogP contribution in [-0.4, -0.2) is 19.3 Å². The minimum absolute atomic E-state index is 0.182. The lowest BCUT2D eigenvalue weighted by Gasteiger charge is -2.29. The molecule has 0 radical (unpaired) electrons. The van der Waals surface area contributed by atoms with E-state index in [1.54, 1.807) is 0 Å². The Morgan fingerprint density at radius 3 is 3.00 bits per heavy atom. The summed E-state index contributed by atoms with van der Waals surface area (Å²) in [4.78, 5) is 0. The summed E-state index contributed by atoms with van der Waals surface area (Å²) in [5.41, 5.74) is 0. The summed E-state index contributed by atoms with van der Waals surface area (Å²) in [5, 5.41) is 0. The molecule has 1 aliphatic heterocycles. The van der Waals surface area contributed by atoms with E-state index < -0.39 is 6.72 Å². The summed E-state index contributed by atoms with van der Waals surface area (Å²) in [7, 11) is 0. The van der Waals surface area contributed by atoms with Gasteiger partial charge in [-0.3, -0.25) is 0 Å². The second-order valence-electron chi connectivity index (χ2n) is 2.40. The van der Waals surface area contributed by atoms with Crippen molar-refractivity contribution in [2.45, 2.75) is 26.4 Å². The molecule has 1 saturated heterocycles. The molecule has 0 saturated carbocycles. The molecule has 5 heteroatoms. The van der Waals surface area contributed by atoms with Gasteiger partial charge in [-0.25, -0.2) is 0 Å². The lowest BCUT2D eigenvalue weighted by atomic mass is 10.3. The molecule has 0 aliphatic carbocycles. The van der Waals surface area contributed by atoms with Gasteiger partial charge in [0, 0.05) is 0 Å². The van der Waals surface area contributed by atoms with Crippen LogP contribution >= 0.6 is 6.72 Å². The molecule has 0 N–H and O–H groups in total. The molecule has 0 aromatic carbocycles. The number of hydrogen-bond acceptors (Lipinski definition) is 4. The molecule has 1 aliphatic rings. The maximum absolute atomic E-state index is 5.40. The average Bonchev–Trinajstić information content (AvgIpc) is 1.86. The van der Waals surface area contributed by atoms with Crippen LogP contribution in [0.3, 0.4) is 0 Å². The van der Waals surface area contributed by atoms with Crippen LogP contribution < -0.4 is 0 Å². The first-order valence-electron chi connectivity index (χ1n) is 3.74. The lowest BCUT2D eigenvalue weighted by Crippen LogP contribution is -2.17. The maximum Gasteiger partial charge on any atom is 0.327 e. The average molecular weight is 196 g/mol. The first-order valence-corrected chi connectivity index (χ1v) is 6.29. The molecule has 1 heterocycles. The molecular formula is C6H13O3PS. The molecule has 66 valence electrons. The van der Waals surface area contributed by atoms with E-state index in [1.165, 1.54) is 0 Å². The van der Waals surface area contributed by atoms with Crippen LogP contribution in [0.5, 0.6) is 0 Å². The highest BCUT2D eigenvalue weighted by atomic mass is 32.5. The Labute approximate surface area is 72.3 Å². The van der Waals surface area contributed by atoms with Crippen molar-refractivity contribution in [2.75, 3.05) is 13.2 Å². The largest absolute Gasteiger partial charge is 0.327 e. The van der Waals surface area contributed by atoms with Gasteiger partial charge in [0.1, 0.15) is 0 Å². The molecule has 11 heavy (non-hydrogen) atoms. The lowest BCUT2D eigenvalue weighted by molar-refractivity contribution is 0.0706. The Hall–Kier alpha value is 0.530. The minimum atomic E-state index is -2.34. The van der Waals surface area contributed by atoms with Crippen LogP contribution in [0, 0.1) is 0 Å². The van der Waals surface area contributed by atoms with Crippen molar-refractivity contribution in [3.05, 3.63) is 0 Å². The SMILES string of the molecule is CCOP1(=S)OCCC(C)O1. The van der Waals surface area contributed by atoms with E-state index in [9.17, 15) is 0 Å². The van der Waals surface area contributed by atoms with Crippen molar-refractivity contribution in [3.8, 4) is 0 Å². The quantitative estimate of drug-likeness (QED) is 0.632. The third-order valence-corrected chi connectivity index (χ3v) is 3.95. The van der Waals surface area contributed by atoms with Crippen molar-refractivity contribution in [1.29, 1.82) is 0 Å². The van der Waals surface area contributed by atoms with E-state index in [1.807, 2.05) is 13.8 Å². The van der Waals surface area contributed by atoms with Gasteiger partial charge in [0.15, 0.2) is 0 Å². The highest BCUT2D eigenvalue weighted by Crippen LogP contribution is 2.53. The topological polar surface area (TPSA) is 27.7 Å². The van der Waals surface area contributed by atoms with Crippen LogP contribution in [0.15, 0.2) is 0 Å². The third-order valence-electron chi connectivity index (χ3n) is 1.37. The highest BCUT2D eigenvalue weighted by molar-refractivity contribution is 8.07. The summed E-state index contributed by atoms with van der Waals surface area (Å²) in [6.45, 7) is 2.77. The summed E-state index contributed by atoms with van der Waals surface area (Å²) < 4.78 is 15.9. The van der Waals surface area contributed by atoms with Crippen molar-refractivity contribution < 1.29 is 13.6 Å². The van der Waals surface area contributed by atoms with Gasteiger partial charge in [-0.15, -0.1) is 0 Å². The molecule has 1 rings (SSSR count). The Morgan fingerprint density at radius 1 is 1.73 bits per heavy atom. The van der Waals surface area contributed by atoms with Gasteiger partial charge in [-0.2, -0.15) is 0 Å². The van der Waals surface area contributed by atoms with Crippen LogP contribution in [0.2, 0.25) is 0 Å². The molecule has 2 unspecified atom stereocenters. The van der Waals surface area contributed by atoms with Gasteiger partial charge >= 0.3 is 6.72 Å². The van der Waals surface area contributed by atoms with Crippen LogP contribution in [0.1, 0.15) is 20.3 Å². The molecule has 0 aromatic rings. The van der Waals surface area contributed by atoms with E-state index in [-0.39, 0.29) is 6.10 Å². The monoisotopic (exact) mass is 196 g/mol. The molecular weight excluding hydrogens is 183 g/mol. The Balaban J connectivity index is 2.49. The zero-order valence-electron chi connectivity index (χ0n) is 6.78. The van der Waals surface area contributed by atoms with Crippen molar-refractivity contribution in [2.24, 2.45) is 0 Å². The van der Waals surface area contributed by atoms with E-state index in [0.717, 1.165) is 6.42 Å². The summed E-state index contributed by atoms with van der Waals surface area (Å²) in [6, 6.07) is 0. The molecule has 0 bridgehead atoms. The molecule has 1 fully saturated rings. The van der Waals surface area contributed by atoms with Crippen molar-refractivity contribution in [3.63, 3.8) is 0 Å². The van der Waals surface area contributed by atoms with E-state index in [4.69, 9.17) is 25.4 Å². The Bertz CT molecular complexity index is 167. The minimum Gasteiger partial charge on any atom is -0.309 e. The third kappa shape index (κ3) is 2.80. The predicted molar refractivity (Wildman–Crippen MR) is 47.0 cm³/mol. The van der Waals surface area contributed by atoms with Crippen LogP contribution in [-0.2, 0) is 25.4 Å². The number of rotatable bonds is 2. The van der Waals surface area contributed by atoms with Crippen molar-refractivity contribution in [1.82, 2.24) is 0 Å². The zero-order chi connectivity index (χ0) is 8.32. The van der Waals surface area contributed by atoms with Gasteiger partial charge < -0.3 is 13.6 Å². The zero-order valence-corrected chi connectivity index (χ0v) is 8.49. The van der Waals surface area contributed by atoms with E-state index in [0.29, 0.717) is 13.2 Å². The Kier molecular flexibility index (Phi) is 3.47. The number of hydrogen-bond donors (Lipinski definition) is 0. The molecule has 3 nitrogen and oxygen atoms in total. The maximum atomic E-state index is 5.40. The fourth-order valence-electron chi connectivity index (χ4n) is 0.860. The first kappa shape index (κ1) is 9.62.